The molecule has 2 rings (SSSR count). The second-order valence-corrected chi connectivity index (χ2v) is 4.82. The summed E-state index contributed by atoms with van der Waals surface area (Å²) in [7, 11) is 0. The Morgan fingerprint density at radius 3 is 2.43 bits per heavy atom. The number of anilines is 1. The van der Waals surface area contributed by atoms with Crippen molar-refractivity contribution in [1.82, 2.24) is 4.98 Å². The molecule has 1 heterocycles. The number of aromatic nitrogens is 1. The zero-order chi connectivity index (χ0) is 15.6. The van der Waals surface area contributed by atoms with Gasteiger partial charge in [0.15, 0.2) is 5.69 Å². The number of halogens is 3. The number of aromatic carboxylic acids is 1. The molecule has 0 aliphatic heterocycles. The van der Waals surface area contributed by atoms with Crippen molar-refractivity contribution in [3.05, 3.63) is 57.8 Å². The fourth-order valence-electron chi connectivity index (χ4n) is 1.62. The molecule has 5 nitrogen and oxygen atoms in total. The van der Waals surface area contributed by atoms with Gasteiger partial charge < -0.3 is 10.4 Å². The van der Waals surface area contributed by atoms with Gasteiger partial charge in [-0.2, -0.15) is 0 Å². The molecule has 0 unspecified atom stereocenters. The number of hydrogen-bond donors (Lipinski definition) is 2. The summed E-state index contributed by atoms with van der Waals surface area (Å²) < 4.78 is 27.5. The van der Waals surface area contributed by atoms with Crippen LogP contribution < -0.4 is 5.32 Å². The van der Waals surface area contributed by atoms with Crippen LogP contribution >= 0.6 is 15.9 Å². The number of pyridine rings is 1. The fraction of sp³-hybridized carbons (Fsp3) is 0. The van der Waals surface area contributed by atoms with E-state index in [1.54, 1.807) is 0 Å². The normalized spacial score (nSPS) is 10.2. The average molecular weight is 357 g/mol. The van der Waals surface area contributed by atoms with Crippen molar-refractivity contribution in [2.45, 2.75) is 0 Å². The lowest BCUT2D eigenvalue weighted by Gasteiger charge is -2.09. The van der Waals surface area contributed by atoms with Crippen molar-refractivity contribution in [3.8, 4) is 0 Å². The number of benzene rings is 1. The molecule has 0 saturated heterocycles. The molecule has 0 fully saturated rings. The molecule has 108 valence electrons. The molecule has 0 spiro atoms. The number of hydrogen-bond acceptors (Lipinski definition) is 3. The van der Waals surface area contributed by atoms with Crippen LogP contribution in [0, 0.1) is 11.6 Å². The zero-order valence-electron chi connectivity index (χ0n) is 10.2. The fourth-order valence-corrected chi connectivity index (χ4v) is 2.02. The van der Waals surface area contributed by atoms with E-state index in [4.69, 9.17) is 5.11 Å². The highest BCUT2D eigenvalue weighted by Crippen LogP contribution is 2.21. The Hall–Kier alpha value is -2.35. The highest BCUT2D eigenvalue weighted by atomic mass is 79.9. The highest BCUT2D eigenvalue weighted by Gasteiger charge is 2.21. The maximum absolute atomic E-state index is 13.7. The molecule has 0 aliphatic rings. The van der Waals surface area contributed by atoms with Gasteiger partial charge in [0.1, 0.15) is 17.2 Å². The molecule has 0 bridgehead atoms. The van der Waals surface area contributed by atoms with E-state index in [2.05, 4.69) is 26.2 Å². The number of amides is 1. The van der Waals surface area contributed by atoms with Gasteiger partial charge in [-0.25, -0.2) is 18.6 Å². The quantitative estimate of drug-likeness (QED) is 0.885. The summed E-state index contributed by atoms with van der Waals surface area (Å²) in [5, 5.41) is 11.1. The van der Waals surface area contributed by atoms with Crippen LogP contribution in [0.1, 0.15) is 20.8 Å². The summed E-state index contributed by atoms with van der Waals surface area (Å²) in [6, 6.07) is 4.51. The summed E-state index contributed by atoms with van der Waals surface area (Å²) in [4.78, 5) is 26.4. The van der Waals surface area contributed by atoms with E-state index in [0.717, 1.165) is 12.1 Å². The van der Waals surface area contributed by atoms with Crippen LogP contribution in [0.4, 0.5) is 14.5 Å². The van der Waals surface area contributed by atoms with Crippen LogP contribution in [0.2, 0.25) is 0 Å². The summed E-state index contributed by atoms with van der Waals surface area (Å²) in [5.74, 6) is -4.61. The second-order valence-electron chi connectivity index (χ2n) is 3.90. The Balaban J connectivity index is 2.38. The minimum atomic E-state index is -1.37. The molecule has 1 aromatic heterocycles. The number of nitrogens with one attached hydrogen (secondary N) is 1. The molecule has 2 N–H and O–H groups in total. The average Bonchev–Trinajstić information content (AvgIpc) is 2.37. The number of carboxylic acids is 1. The molecule has 0 aliphatic carbocycles. The van der Waals surface area contributed by atoms with Gasteiger partial charge >= 0.3 is 5.97 Å². The van der Waals surface area contributed by atoms with E-state index in [1.807, 2.05) is 0 Å². The first kappa shape index (κ1) is 15.0. The van der Waals surface area contributed by atoms with Gasteiger partial charge in [0.05, 0.1) is 5.69 Å². The van der Waals surface area contributed by atoms with Crippen LogP contribution in [0.5, 0.6) is 0 Å². The van der Waals surface area contributed by atoms with Gasteiger partial charge in [0.2, 0.25) is 0 Å². The summed E-state index contributed by atoms with van der Waals surface area (Å²) in [6.45, 7) is 0. The Morgan fingerprint density at radius 2 is 1.86 bits per heavy atom. The molecule has 8 heteroatoms. The van der Waals surface area contributed by atoms with Gasteiger partial charge in [-0.15, -0.1) is 0 Å². The Kier molecular flexibility index (Phi) is 4.27. The van der Waals surface area contributed by atoms with Crippen molar-refractivity contribution < 1.29 is 23.5 Å². The third kappa shape index (κ3) is 3.22. The number of carbonyl (C=O) groups is 2. The first-order chi connectivity index (χ1) is 9.90. The topological polar surface area (TPSA) is 79.3 Å². The maximum Gasteiger partial charge on any atom is 0.356 e. The highest BCUT2D eigenvalue weighted by molar-refractivity contribution is 9.10. The van der Waals surface area contributed by atoms with Crippen molar-refractivity contribution in [2.75, 3.05) is 5.32 Å². The van der Waals surface area contributed by atoms with Crippen molar-refractivity contribution in [1.29, 1.82) is 0 Å². The lowest BCUT2D eigenvalue weighted by molar-refractivity contribution is 0.0691. The minimum Gasteiger partial charge on any atom is -0.476 e. The predicted octanol–water partition coefficient (Wildman–Crippen LogP) is 3.07. The van der Waals surface area contributed by atoms with Crippen LogP contribution in [0.3, 0.4) is 0 Å². The molecule has 2 aromatic rings. The van der Waals surface area contributed by atoms with Crippen LogP contribution in [-0.2, 0) is 0 Å². The summed E-state index contributed by atoms with van der Waals surface area (Å²) in [5.41, 5.74) is -1.39. The Labute approximate surface area is 125 Å². The van der Waals surface area contributed by atoms with Crippen molar-refractivity contribution in [3.63, 3.8) is 0 Å². The second kappa shape index (κ2) is 5.96. The lowest BCUT2D eigenvalue weighted by Crippen LogP contribution is -2.18. The summed E-state index contributed by atoms with van der Waals surface area (Å²) >= 11 is 2.89. The van der Waals surface area contributed by atoms with E-state index < -0.39 is 34.8 Å². The van der Waals surface area contributed by atoms with Crippen molar-refractivity contribution in [2.24, 2.45) is 0 Å². The van der Waals surface area contributed by atoms with Gasteiger partial charge in [-0.3, -0.25) is 4.79 Å². The van der Waals surface area contributed by atoms with Crippen LogP contribution in [0.15, 0.2) is 34.9 Å². The predicted molar refractivity (Wildman–Crippen MR) is 73.2 cm³/mol. The molecule has 0 atom stereocenters. The molecular formula is C13H7BrF2N2O3. The first-order valence-corrected chi connectivity index (χ1v) is 6.33. The van der Waals surface area contributed by atoms with Gasteiger partial charge in [0, 0.05) is 10.7 Å². The number of nitrogens with zero attached hydrogens (tertiary/aromatic N) is 1. The molecule has 0 radical (unpaired) electrons. The smallest absolute Gasteiger partial charge is 0.356 e. The Morgan fingerprint density at radius 1 is 1.24 bits per heavy atom. The van der Waals surface area contributed by atoms with Gasteiger partial charge in [-0.1, -0.05) is 15.9 Å². The van der Waals surface area contributed by atoms with Crippen LogP contribution in [-0.4, -0.2) is 22.0 Å². The standard InChI is InChI=1S/C13H7BrF2N2O3/c14-6-4-7(15)10(8(16)5-6)12(19)18-9-2-1-3-17-11(9)13(20)21/h1-5H,(H,18,19)(H,20,21). The van der Waals surface area contributed by atoms with E-state index >= 15 is 0 Å². The Bertz CT molecular complexity index is 714. The van der Waals surface area contributed by atoms with E-state index in [0.29, 0.717) is 0 Å². The number of carbonyl (C=O) groups excluding carboxylic acids is 1. The van der Waals surface area contributed by atoms with E-state index in [-0.39, 0.29) is 10.2 Å². The van der Waals surface area contributed by atoms with Gasteiger partial charge in [-0.05, 0) is 24.3 Å². The van der Waals surface area contributed by atoms with E-state index in [9.17, 15) is 18.4 Å². The molecule has 0 saturated carbocycles. The largest absolute Gasteiger partial charge is 0.476 e. The third-order valence-corrected chi connectivity index (χ3v) is 2.95. The van der Waals surface area contributed by atoms with E-state index in [1.165, 1.54) is 18.3 Å². The minimum absolute atomic E-state index is 0.140. The van der Waals surface area contributed by atoms with Gasteiger partial charge in [0.25, 0.3) is 5.91 Å². The SMILES string of the molecule is O=C(O)c1ncccc1NC(=O)c1c(F)cc(Br)cc1F. The molecule has 21 heavy (non-hydrogen) atoms. The molecule has 1 aromatic carbocycles. The third-order valence-electron chi connectivity index (χ3n) is 2.49. The molecule has 1 amide bonds. The first-order valence-electron chi connectivity index (χ1n) is 5.54. The zero-order valence-corrected chi connectivity index (χ0v) is 11.8. The van der Waals surface area contributed by atoms with Crippen LogP contribution in [0.25, 0.3) is 0 Å². The molecular weight excluding hydrogens is 350 g/mol. The monoisotopic (exact) mass is 356 g/mol. The number of rotatable bonds is 3. The van der Waals surface area contributed by atoms with Crippen molar-refractivity contribution >= 4 is 33.5 Å². The number of carboxylic acid groups (broad SMARTS) is 1. The maximum atomic E-state index is 13.7. The summed E-state index contributed by atoms with van der Waals surface area (Å²) in [6.07, 6.45) is 1.22. The lowest BCUT2D eigenvalue weighted by atomic mass is 10.1.